The lowest BCUT2D eigenvalue weighted by Gasteiger charge is -2.14. The molecule has 94 valence electrons. The van der Waals surface area contributed by atoms with Gasteiger partial charge in [0, 0.05) is 6.07 Å². The molecule has 4 heteroatoms. The van der Waals surface area contributed by atoms with Gasteiger partial charge in [-0.2, -0.15) is 0 Å². The fourth-order valence-corrected chi connectivity index (χ4v) is 2.04. The minimum atomic E-state index is -0.0666. The topological polar surface area (TPSA) is 22.1 Å². The highest BCUT2D eigenvalue weighted by Crippen LogP contribution is 2.23. The summed E-state index contributed by atoms with van der Waals surface area (Å²) in [5.41, 5.74) is 1.73. The molecule has 1 aromatic heterocycles. The van der Waals surface area contributed by atoms with Crippen LogP contribution in [0, 0.1) is 0 Å². The van der Waals surface area contributed by atoms with Gasteiger partial charge in [0.05, 0.1) is 16.6 Å². The molecule has 0 spiro atoms. The Labute approximate surface area is 117 Å². The van der Waals surface area contributed by atoms with E-state index in [1.807, 2.05) is 37.3 Å². The average molecular weight is 282 g/mol. The molecular formula is C14H13Cl2NO. The highest BCUT2D eigenvalue weighted by molar-refractivity contribution is 6.32. The summed E-state index contributed by atoms with van der Waals surface area (Å²) < 4.78 is 5.77. The van der Waals surface area contributed by atoms with Crippen LogP contribution in [-0.4, -0.2) is 4.98 Å². The van der Waals surface area contributed by atoms with E-state index in [4.69, 9.17) is 27.9 Å². The summed E-state index contributed by atoms with van der Waals surface area (Å²) in [6, 6.07) is 13.5. The number of alkyl halides is 1. The van der Waals surface area contributed by atoms with Crippen LogP contribution in [0.2, 0.25) is 5.02 Å². The van der Waals surface area contributed by atoms with E-state index in [-0.39, 0.29) is 12.0 Å². The summed E-state index contributed by atoms with van der Waals surface area (Å²) in [5, 5.41) is 0.560. The van der Waals surface area contributed by atoms with Gasteiger partial charge in [-0.3, -0.25) is 0 Å². The highest BCUT2D eigenvalue weighted by Gasteiger charge is 2.09. The first-order valence-corrected chi connectivity index (χ1v) is 6.55. The van der Waals surface area contributed by atoms with E-state index < -0.39 is 0 Å². The lowest BCUT2D eigenvalue weighted by molar-refractivity contribution is 0.217. The van der Waals surface area contributed by atoms with E-state index in [1.54, 1.807) is 12.1 Å². The van der Waals surface area contributed by atoms with Crippen LogP contribution < -0.4 is 4.74 Å². The van der Waals surface area contributed by atoms with Crippen LogP contribution in [0.4, 0.5) is 0 Å². The third-order valence-corrected chi connectivity index (χ3v) is 3.18. The maximum atomic E-state index is 5.95. The molecule has 0 N–H and O–H groups in total. The van der Waals surface area contributed by atoms with Crippen molar-refractivity contribution in [2.45, 2.75) is 18.9 Å². The summed E-state index contributed by atoms with van der Waals surface area (Å²) >= 11 is 11.7. The molecule has 0 aliphatic heterocycles. The second-order valence-electron chi connectivity index (χ2n) is 3.88. The van der Waals surface area contributed by atoms with Gasteiger partial charge in [-0.05, 0) is 18.6 Å². The summed E-state index contributed by atoms with van der Waals surface area (Å²) in [5.74, 6) is 0.807. The van der Waals surface area contributed by atoms with Gasteiger partial charge < -0.3 is 4.74 Å². The SMILES string of the molecule is CC(Oc1ccc(Cl)c(CCl)n1)c1ccccc1. The van der Waals surface area contributed by atoms with Crippen molar-refractivity contribution in [3.63, 3.8) is 0 Å². The van der Waals surface area contributed by atoms with Gasteiger partial charge in [-0.15, -0.1) is 11.6 Å². The molecule has 0 fully saturated rings. The maximum absolute atomic E-state index is 5.95. The molecule has 0 aliphatic carbocycles. The summed E-state index contributed by atoms with van der Waals surface area (Å²) in [7, 11) is 0. The molecule has 2 nitrogen and oxygen atoms in total. The van der Waals surface area contributed by atoms with Crippen molar-refractivity contribution in [3.05, 3.63) is 58.7 Å². The van der Waals surface area contributed by atoms with Crippen molar-refractivity contribution in [2.75, 3.05) is 0 Å². The third kappa shape index (κ3) is 3.15. The minimum Gasteiger partial charge on any atom is -0.470 e. The Morgan fingerprint density at radius 2 is 1.89 bits per heavy atom. The lowest BCUT2D eigenvalue weighted by Crippen LogP contribution is -2.04. The fourth-order valence-electron chi connectivity index (χ4n) is 1.60. The molecule has 1 unspecified atom stereocenters. The summed E-state index contributed by atoms with van der Waals surface area (Å²) in [6.07, 6.45) is -0.0666. The zero-order valence-corrected chi connectivity index (χ0v) is 11.4. The number of ether oxygens (including phenoxy) is 1. The molecule has 18 heavy (non-hydrogen) atoms. The molecule has 0 aliphatic rings. The Morgan fingerprint density at radius 3 is 2.56 bits per heavy atom. The number of nitrogens with zero attached hydrogens (tertiary/aromatic N) is 1. The molecule has 2 rings (SSSR count). The van der Waals surface area contributed by atoms with Crippen LogP contribution in [0.5, 0.6) is 5.88 Å². The zero-order chi connectivity index (χ0) is 13.0. The fraction of sp³-hybridized carbons (Fsp3) is 0.214. The average Bonchev–Trinajstić information content (AvgIpc) is 2.42. The molecular weight excluding hydrogens is 269 g/mol. The van der Waals surface area contributed by atoms with Gasteiger partial charge in [0.15, 0.2) is 0 Å². The molecule has 0 saturated carbocycles. The van der Waals surface area contributed by atoms with Crippen LogP contribution in [0.25, 0.3) is 0 Å². The van der Waals surface area contributed by atoms with E-state index in [0.29, 0.717) is 16.6 Å². The second kappa shape index (κ2) is 6.07. The molecule has 1 aromatic carbocycles. The van der Waals surface area contributed by atoms with E-state index in [9.17, 15) is 0 Å². The van der Waals surface area contributed by atoms with Gasteiger partial charge in [0.25, 0.3) is 0 Å². The van der Waals surface area contributed by atoms with Crippen molar-refractivity contribution >= 4 is 23.2 Å². The molecule has 0 bridgehead atoms. The molecule has 0 saturated heterocycles. The van der Waals surface area contributed by atoms with Crippen molar-refractivity contribution in [1.29, 1.82) is 0 Å². The summed E-state index contributed by atoms with van der Waals surface area (Å²) in [6.45, 7) is 1.98. The Kier molecular flexibility index (Phi) is 4.45. The van der Waals surface area contributed by atoms with Crippen molar-refractivity contribution in [1.82, 2.24) is 4.98 Å². The van der Waals surface area contributed by atoms with Crippen molar-refractivity contribution < 1.29 is 4.74 Å². The minimum absolute atomic E-state index is 0.0666. The number of hydrogen-bond donors (Lipinski definition) is 0. The van der Waals surface area contributed by atoms with Crippen LogP contribution in [0.3, 0.4) is 0 Å². The van der Waals surface area contributed by atoms with E-state index >= 15 is 0 Å². The number of aromatic nitrogens is 1. The second-order valence-corrected chi connectivity index (χ2v) is 4.56. The Morgan fingerprint density at radius 1 is 1.17 bits per heavy atom. The standard InChI is InChI=1S/C14H13Cl2NO/c1-10(11-5-3-2-4-6-11)18-14-8-7-12(16)13(9-15)17-14/h2-8,10H,9H2,1H3. The van der Waals surface area contributed by atoms with Gasteiger partial charge in [0.1, 0.15) is 6.10 Å². The van der Waals surface area contributed by atoms with E-state index in [1.165, 1.54) is 0 Å². The monoisotopic (exact) mass is 281 g/mol. The first-order chi connectivity index (χ1) is 8.70. The van der Waals surface area contributed by atoms with E-state index in [2.05, 4.69) is 4.98 Å². The Bertz CT molecular complexity index is 516. The molecule has 0 radical (unpaired) electrons. The predicted molar refractivity (Wildman–Crippen MR) is 74.3 cm³/mol. The van der Waals surface area contributed by atoms with Crippen LogP contribution in [-0.2, 0) is 5.88 Å². The molecule has 1 heterocycles. The third-order valence-electron chi connectivity index (χ3n) is 2.59. The number of pyridine rings is 1. The highest BCUT2D eigenvalue weighted by atomic mass is 35.5. The van der Waals surface area contributed by atoms with Crippen molar-refractivity contribution in [2.24, 2.45) is 0 Å². The first kappa shape index (κ1) is 13.2. The van der Waals surface area contributed by atoms with Crippen LogP contribution >= 0.6 is 23.2 Å². The lowest BCUT2D eigenvalue weighted by atomic mass is 10.1. The van der Waals surface area contributed by atoms with Gasteiger partial charge in [-0.25, -0.2) is 4.98 Å². The van der Waals surface area contributed by atoms with E-state index in [0.717, 1.165) is 5.56 Å². The quantitative estimate of drug-likeness (QED) is 0.764. The predicted octanol–water partition coefficient (Wildman–Crippen LogP) is 4.61. The van der Waals surface area contributed by atoms with Crippen LogP contribution in [0.15, 0.2) is 42.5 Å². The Hall–Kier alpha value is -1.25. The van der Waals surface area contributed by atoms with Crippen molar-refractivity contribution in [3.8, 4) is 5.88 Å². The van der Waals surface area contributed by atoms with Crippen LogP contribution in [0.1, 0.15) is 24.3 Å². The van der Waals surface area contributed by atoms with Gasteiger partial charge in [-0.1, -0.05) is 41.9 Å². The molecule has 2 aromatic rings. The molecule has 1 atom stereocenters. The normalized spacial score (nSPS) is 12.2. The summed E-state index contributed by atoms with van der Waals surface area (Å²) in [4.78, 5) is 4.27. The number of halogens is 2. The first-order valence-electron chi connectivity index (χ1n) is 5.63. The largest absolute Gasteiger partial charge is 0.470 e. The van der Waals surface area contributed by atoms with Gasteiger partial charge >= 0.3 is 0 Å². The Balaban J connectivity index is 2.14. The smallest absolute Gasteiger partial charge is 0.214 e. The number of rotatable bonds is 4. The zero-order valence-electron chi connectivity index (χ0n) is 9.94. The number of hydrogen-bond acceptors (Lipinski definition) is 2. The van der Waals surface area contributed by atoms with Gasteiger partial charge in [0.2, 0.25) is 5.88 Å². The number of benzene rings is 1. The maximum Gasteiger partial charge on any atom is 0.214 e. The molecule has 0 amide bonds.